The van der Waals surface area contributed by atoms with Crippen molar-refractivity contribution in [2.45, 2.75) is 31.5 Å². The molecule has 0 bridgehead atoms. The number of amides is 4. The van der Waals surface area contributed by atoms with Gasteiger partial charge in [0.2, 0.25) is 17.6 Å². The number of imide groups is 2. The van der Waals surface area contributed by atoms with Crippen LogP contribution in [-0.2, 0) is 19.8 Å². The van der Waals surface area contributed by atoms with Crippen LogP contribution in [0.3, 0.4) is 0 Å². The third-order valence-electron chi connectivity index (χ3n) is 11.8. The van der Waals surface area contributed by atoms with Gasteiger partial charge in [-0.3, -0.25) is 43.8 Å². The zero-order valence-electron chi connectivity index (χ0n) is 33.4. The highest BCUT2D eigenvalue weighted by Gasteiger charge is 2.46. The molecule has 20 heteroatoms. The highest BCUT2D eigenvalue weighted by atomic mass is 32.2. The Morgan fingerprint density at radius 2 is 1.70 bits per heavy atom. The Hall–Kier alpha value is -6.64. The number of piperidine rings is 1. The zero-order chi connectivity index (χ0) is 44.2. The molecular weight excluding hydrogens is 846 g/mol. The second-order valence-corrected chi connectivity index (χ2v) is 17.3. The molecule has 3 N–H and O–H groups in total. The predicted octanol–water partition coefficient (Wildman–Crippen LogP) is 4.04. The van der Waals surface area contributed by atoms with Crippen LogP contribution in [0.1, 0.15) is 55.9 Å². The van der Waals surface area contributed by atoms with E-state index in [1.165, 1.54) is 6.20 Å². The van der Waals surface area contributed by atoms with Crippen molar-refractivity contribution in [3.8, 4) is 16.9 Å². The summed E-state index contributed by atoms with van der Waals surface area (Å²) in [6.45, 7) is 2.96. The normalized spacial score (nSPS) is 19.8. The van der Waals surface area contributed by atoms with E-state index in [9.17, 15) is 36.8 Å². The van der Waals surface area contributed by atoms with Gasteiger partial charge in [-0.2, -0.15) is 12.7 Å². The number of nitrogens with one attached hydrogen (secondary N) is 3. The first-order valence-electron chi connectivity index (χ1n) is 20.2. The first kappa shape index (κ1) is 41.7. The van der Waals surface area contributed by atoms with Gasteiger partial charge in [-0.1, -0.05) is 18.2 Å². The van der Waals surface area contributed by atoms with Crippen molar-refractivity contribution in [3.05, 3.63) is 107 Å². The minimum absolute atomic E-state index is 0.0125. The highest BCUT2D eigenvalue weighted by Crippen LogP contribution is 2.35. The van der Waals surface area contributed by atoms with E-state index in [0.29, 0.717) is 61.9 Å². The fraction of sp³-hybridized carbons (Fsp3) is 0.302. The summed E-state index contributed by atoms with van der Waals surface area (Å²) >= 11 is 0. The zero-order valence-corrected chi connectivity index (χ0v) is 34.2. The summed E-state index contributed by atoms with van der Waals surface area (Å²) in [6.07, 6.45) is 1.60. The lowest BCUT2D eigenvalue weighted by Crippen LogP contribution is -2.54. The van der Waals surface area contributed by atoms with Crippen LogP contribution >= 0.6 is 0 Å². The summed E-state index contributed by atoms with van der Waals surface area (Å²) in [5, 5.41) is 2.50. The van der Waals surface area contributed by atoms with E-state index < -0.39 is 81.3 Å². The van der Waals surface area contributed by atoms with Crippen LogP contribution in [0.5, 0.6) is 5.75 Å². The number of ketones is 1. The van der Waals surface area contributed by atoms with E-state index in [0.717, 1.165) is 21.3 Å². The van der Waals surface area contributed by atoms with Crippen LogP contribution in [0.25, 0.3) is 22.2 Å². The minimum atomic E-state index is -4.37. The number of aromatic nitrogens is 2. The fourth-order valence-electron chi connectivity index (χ4n) is 8.44. The van der Waals surface area contributed by atoms with Crippen molar-refractivity contribution in [1.82, 2.24) is 29.4 Å². The minimum Gasteiger partial charge on any atom is -0.492 e. The van der Waals surface area contributed by atoms with E-state index in [2.05, 4.69) is 25.1 Å². The molecule has 3 saturated heterocycles. The van der Waals surface area contributed by atoms with Crippen molar-refractivity contribution in [2.24, 2.45) is 0 Å². The number of benzene rings is 3. The Morgan fingerprint density at radius 3 is 2.43 bits per heavy atom. The molecule has 4 amide bonds. The van der Waals surface area contributed by atoms with Gasteiger partial charge in [-0.15, -0.1) is 0 Å². The first-order chi connectivity index (χ1) is 30.3. The second kappa shape index (κ2) is 16.6. The summed E-state index contributed by atoms with van der Waals surface area (Å²) < 4.78 is 78.9. The van der Waals surface area contributed by atoms with Crippen molar-refractivity contribution >= 4 is 62.0 Å². The Kier molecular flexibility index (Phi) is 11.0. The summed E-state index contributed by atoms with van der Waals surface area (Å²) in [5.74, 6) is -5.23. The van der Waals surface area contributed by atoms with Gasteiger partial charge >= 0.3 is 10.2 Å². The van der Waals surface area contributed by atoms with Gasteiger partial charge in [0, 0.05) is 81.1 Å². The lowest BCUT2D eigenvalue weighted by atomic mass is 10.00. The molecule has 4 aliphatic heterocycles. The van der Waals surface area contributed by atoms with Crippen LogP contribution in [0.15, 0.2) is 73.1 Å². The van der Waals surface area contributed by atoms with Gasteiger partial charge in [0.1, 0.15) is 36.0 Å². The molecule has 0 saturated carbocycles. The monoisotopic (exact) mass is 884 g/mol. The SMILES string of the molecule is O=C1CCC(N2C(=O)c3cccc(N4CCN(CCOc5ccc(-c6cnc7[nH]cc(C(=O)c8c(F)ccc(NS(=O)(=O)N9CC[C@@H](F)C9)c8F)c7c6)cc5)CC4)c3C2=O)C(=O)N1. The van der Waals surface area contributed by atoms with Crippen LogP contribution in [0.4, 0.5) is 24.5 Å². The summed E-state index contributed by atoms with van der Waals surface area (Å²) in [7, 11) is -4.37. The van der Waals surface area contributed by atoms with Gasteiger partial charge in [-0.05, 0) is 60.9 Å². The number of fused-ring (bicyclic) bond motifs is 2. The van der Waals surface area contributed by atoms with Gasteiger partial charge in [0.25, 0.3) is 11.8 Å². The second-order valence-electron chi connectivity index (χ2n) is 15.6. The number of aromatic amines is 1. The quantitative estimate of drug-likeness (QED) is 0.121. The average Bonchev–Trinajstić information content (AvgIpc) is 3.98. The maximum Gasteiger partial charge on any atom is 0.301 e. The molecule has 0 spiro atoms. The number of alkyl halides is 1. The van der Waals surface area contributed by atoms with Gasteiger partial charge in [0.05, 0.1) is 28.1 Å². The van der Waals surface area contributed by atoms with Gasteiger partial charge in [-0.25, -0.2) is 18.2 Å². The molecule has 63 heavy (non-hydrogen) atoms. The third kappa shape index (κ3) is 7.89. The maximum absolute atomic E-state index is 15.7. The average molecular weight is 885 g/mol. The number of pyridine rings is 1. The van der Waals surface area contributed by atoms with E-state index >= 15 is 8.78 Å². The summed E-state index contributed by atoms with van der Waals surface area (Å²) in [6, 6.07) is 14.5. The number of hydrogen-bond donors (Lipinski definition) is 3. The Bertz CT molecular complexity index is 2810. The van der Waals surface area contributed by atoms with Crippen molar-refractivity contribution < 1.29 is 50.3 Å². The van der Waals surface area contributed by atoms with Gasteiger partial charge < -0.3 is 14.6 Å². The topological polar surface area (TPSA) is 194 Å². The maximum atomic E-state index is 15.7. The highest BCUT2D eigenvalue weighted by molar-refractivity contribution is 7.90. The number of carbonyl (C=O) groups is 5. The molecule has 1 unspecified atom stereocenters. The summed E-state index contributed by atoms with van der Waals surface area (Å²) in [5.41, 5.74) is 0.999. The van der Waals surface area contributed by atoms with Crippen LogP contribution in [0.2, 0.25) is 0 Å². The summed E-state index contributed by atoms with van der Waals surface area (Å²) in [4.78, 5) is 77.2. The van der Waals surface area contributed by atoms with Crippen LogP contribution in [-0.4, -0.2) is 127 Å². The molecule has 9 rings (SSSR count). The molecule has 4 aliphatic rings. The number of hydrogen-bond acceptors (Lipinski definition) is 11. The molecule has 0 aliphatic carbocycles. The molecule has 16 nitrogen and oxygen atoms in total. The number of rotatable bonds is 12. The third-order valence-corrected chi connectivity index (χ3v) is 13.3. The first-order valence-corrected chi connectivity index (χ1v) is 21.7. The van der Waals surface area contributed by atoms with Crippen molar-refractivity contribution in [3.63, 3.8) is 0 Å². The number of halogens is 3. The van der Waals surface area contributed by atoms with Crippen molar-refractivity contribution in [2.75, 3.05) is 62.0 Å². The smallest absolute Gasteiger partial charge is 0.301 e. The molecular formula is C43H39F3N8O8S. The number of anilines is 2. The number of piperazine rings is 1. The molecule has 5 aromatic rings. The van der Waals surface area contributed by atoms with Crippen LogP contribution in [0, 0.1) is 11.6 Å². The molecule has 3 fully saturated rings. The van der Waals surface area contributed by atoms with Crippen molar-refractivity contribution in [1.29, 1.82) is 0 Å². The largest absolute Gasteiger partial charge is 0.492 e. The molecule has 0 radical (unpaired) electrons. The number of ether oxygens (including phenoxy) is 1. The molecule has 6 heterocycles. The Morgan fingerprint density at radius 1 is 0.921 bits per heavy atom. The molecule has 2 atom stereocenters. The molecule has 3 aromatic carbocycles. The van der Waals surface area contributed by atoms with E-state index in [-0.39, 0.29) is 53.5 Å². The fourth-order valence-corrected chi connectivity index (χ4v) is 9.71. The Labute approximate surface area is 358 Å². The number of carbonyl (C=O) groups excluding carboxylic acids is 5. The standard InChI is InChI=1S/C43H39F3N8O8S/c44-26-12-13-53(23-26)63(60,61)50-32-9-8-31(45)37(38(32)46)39(56)30-22-48-40-29(30)20-25(21-47-40)24-4-6-27(7-5-24)62-19-18-51-14-16-52(17-15-51)33-3-1-2-28-36(33)43(59)54(42(28)58)34-10-11-35(55)49-41(34)57/h1-9,20-22,26,34,50H,10-19,23H2,(H,47,48)(H,49,55,57)/t26-,34?/m1/s1. The lowest BCUT2D eigenvalue weighted by Gasteiger charge is -2.36. The number of H-pyrrole nitrogens is 1. The van der Waals surface area contributed by atoms with E-state index in [4.69, 9.17) is 4.74 Å². The van der Waals surface area contributed by atoms with Gasteiger partial charge in [0.15, 0.2) is 5.82 Å². The lowest BCUT2D eigenvalue weighted by molar-refractivity contribution is -0.136. The molecule has 2 aromatic heterocycles. The Balaban J connectivity index is 0.811. The van der Waals surface area contributed by atoms with E-state index in [1.807, 2.05) is 4.72 Å². The predicted molar refractivity (Wildman–Crippen MR) is 222 cm³/mol. The number of nitrogens with zero attached hydrogens (tertiary/aromatic N) is 5. The molecule has 326 valence electrons. The van der Waals surface area contributed by atoms with E-state index in [1.54, 1.807) is 54.7 Å². The van der Waals surface area contributed by atoms with Crippen LogP contribution < -0.4 is 19.7 Å².